The summed E-state index contributed by atoms with van der Waals surface area (Å²) in [6.45, 7) is 2.58. The Morgan fingerprint density at radius 1 is 1.37 bits per heavy atom. The summed E-state index contributed by atoms with van der Waals surface area (Å²) in [5.74, 6) is 0.566. The van der Waals surface area contributed by atoms with Gasteiger partial charge in [-0.3, -0.25) is 4.98 Å². The molecule has 0 amide bonds. The average molecular weight is 323 g/mol. The normalized spacial score (nSPS) is 10.3. The number of anilines is 1. The van der Waals surface area contributed by atoms with Crippen molar-refractivity contribution in [2.45, 2.75) is 13.5 Å². The van der Waals surface area contributed by atoms with Gasteiger partial charge in [0.1, 0.15) is 0 Å². The fourth-order valence-corrected chi connectivity index (χ4v) is 2.15. The summed E-state index contributed by atoms with van der Waals surface area (Å²) in [4.78, 5) is 4.22. The van der Waals surface area contributed by atoms with E-state index in [1.807, 2.05) is 25.1 Å². The average Bonchev–Trinajstić information content (AvgIpc) is 2.41. The molecule has 100 valence electrons. The molecule has 2 aromatic rings. The number of hydrogen-bond acceptors (Lipinski definition) is 4. The van der Waals surface area contributed by atoms with Gasteiger partial charge in [-0.25, -0.2) is 0 Å². The first kappa shape index (κ1) is 13.7. The number of nitrogens with zero attached hydrogens (tertiary/aromatic N) is 1. The third-order valence-electron chi connectivity index (χ3n) is 2.72. The Bertz CT molecular complexity index is 570. The summed E-state index contributed by atoms with van der Waals surface area (Å²) >= 11 is 3.30. The lowest BCUT2D eigenvalue weighted by molar-refractivity contribution is 0.371. The number of pyridine rings is 1. The Labute approximate surface area is 120 Å². The second-order valence-electron chi connectivity index (χ2n) is 4.17. The Hall–Kier alpha value is -1.75. The van der Waals surface area contributed by atoms with Gasteiger partial charge in [0.15, 0.2) is 11.5 Å². The van der Waals surface area contributed by atoms with Crippen LogP contribution in [0.1, 0.15) is 11.3 Å². The molecule has 1 aromatic heterocycles. The topological polar surface area (TPSA) is 54.4 Å². The van der Waals surface area contributed by atoms with Gasteiger partial charge in [-0.1, -0.05) is 0 Å². The molecular weight excluding hydrogens is 308 g/mol. The molecule has 0 saturated heterocycles. The van der Waals surface area contributed by atoms with Crippen molar-refractivity contribution >= 4 is 21.6 Å². The third-order valence-corrected chi connectivity index (χ3v) is 3.32. The van der Waals surface area contributed by atoms with Crippen LogP contribution in [-0.4, -0.2) is 17.2 Å². The minimum Gasteiger partial charge on any atom is -0.503 e. The number of ether oxygens (including phenoxy) is 1. The second kappa shape index (κ2) is 5.93. The summed E-state index contributed by atoms with van der Waals surface area (Å²) in [6.07, 6.45) is 1.79. The lowest BCUT2D eigenvalue weighted by Gasteiger charge is -2.10. The van der Waals surface area contributed by atoms with E-state index in [0.29, 0.717) is 16.8 Å². The number of halogens is 1. The molecule has 0 fully saturated rings. The van der Waals surface area contributed by atoms with Gasteiger partial charge in [0.25, 0.3) is 0 Å². The zero-order valence-electron chi connectivity index (χ0n) is 10.8. The molecule has 2 N–H and O–H groups in total. The Balaban J connectivity index is 2.11. The lowest BCUT2D eigenvalue weighted by Crippen LogP contribution is -2.00. The molecule has 5 heteroatoms. The van der Waals surface area contributed by atoms with Crippen LogP contribution in [0, 0.1) is 6.92 Å². The highest BCUT2D eigenvalue weighted by molar-refractivity contribution is 9.10. The van der Waals surface area contributed by atoms with E-state index in [2.05, 4.69) is 26.2 Å². The number of benzene rings is 1. The van der Waals surface area contributed by atoms with E-state index in [9.17, 15) is 5.11 Å². The molecule has 1 aromatic carbocycles. The number of phenolic OH excluding ortho intramolecular Hbond substituents is 1. The first-order chi connectivity index (χ1) is 9.10. The van der Waals surface area contributed by atoms with Gasteiger partial charge in [0.2, 0.25) is 0 Å². The smallest absolute Gasteiger partial charge is 0.172 e. The number of aromatic hydroxyl groups is 1. The number of phenols is 1. The Kier molecular flexibility index (Phi) is 4.27. The lowest BCUT2D eigenvalue weighted by atomic mass is 10.2. The van der Waals surface area contributed by atoms with Gasteiger partial charge in [0, 0.05) is 12.2 Å². The molecule has 4 nitrogen and oxygen atoms in total. The minimum absolute atomic E-state index is 0.114. The monoisotopic (exact) mass is 322 g/mol. The van der Waals surface area contributed by atoms with Crippen molar-refractivity contribution < 1.29 is 9.84 Å². The largest absolute Gasteiger partial charge is 0.503 e. The van der Waals surface area contributed by atoms with Gasteiger partial charge in [-0.05, 0) is 52.7 Å². The molecule has 0 bridgehead atoms. The number of nitrogens with one attached hydrogen (secondary N) is 1. The van der Waals surface area contributed by atoms with E-state index in [-0.39, 0.29) is 5.75 Å². The summed E-state index contributed by atoms with van der Waals surface area (Å²) in [6, 6.07) is 7.59. The quantitative estimate of drug-likeness (QED) is 0.904. The zero-order valence-corrected chi connectivity index (χ0v) is 12.4. The first-order valence-electron chi connectivity index (χ1n) is 5.82. The van der Waals surface area contributed by atoms with Gasteiger partial charge >= 0.3 is 0 Å². The van der Waals surface area contributed by atoms with Gasteiger partial charge in [-0.2, -0.15) is 0 Å². The fraction of sp³-hybridized carbons (Fsp3) is 0.214. The van der Waals surface area contributed by atoms with Gasteiger partial charge < -0.3 is 15.2 Å². The van der Waals surface area contributed by atoms with Gasteiger partial charge in [0.05, 0.1) is 23.5 Å². The predicted octanol–water partition coefficient (Wildman–Crippen LogP) is 3.48. The summed E-state index contributed by atoms with van der Waals surface area (Å²) in [7, 11) is 1.53. The minimum atomic E-state index is 0.114. The summed E-state index contributed by atoms with van der Waals surface area (Å²) in [5, 5.41) is 13.0. The van der Waals surface area contributed by atoms with Crippen molar-refractivity contribution in [2.75, 3.05) is 12.4 Å². The Morgan fingerprint density at radius 3 is 2.79 bits per heavy atom. The SMILES string of the molecule is COc1cc(CNc2ccc(C)nc2)cc(Br)c1O. The molecule has 19 heavy (non-hydrogen) atoms. The van der Waals surface area contributed by atoms with Crippen molar-refractivity contribution in [1.82, 2.24) is 4.98 Å². The number of aromatic nitrogens is 1. The molecule has 0 radical (unpaired) electrons. The highest BCUT2D eigenvalue weighted by Gasteiger charge is 2.08. The maximum Gasteiger partial charge on any atom is 0.172 e. The third kappa shape index (κ3) is 3.38. The molecule has 0 aliphatic heterocycles. The van der Waals surface area contributed by atoms with Crippen LogP contribution in [0.25, 0.3) is 0 Å². The first-order valence-corrected chi connectivity index (χ1v) is 6.61. The number of aryl methyl sites for hydroxylation is 1. The molecule has 0 spiro atoms. The highest BCUT2D eigenvalue weighted by atomic mass is 79.9. The molecule has 0 atom stereocenters. The maximum atomic E-state index is 9.74. The van der Waals surface area contributed by atoms with Crippen LogP contribution in [0.5, 0.6) is 11.5 Å². The summed E-state index contributed by atoms with van der Waals surface area (Å²) < 4.78 is 5.73. The van der Waals surface area contributed by atoms with E-state index in [1.165, 1.54) is 7.11 Å². The van der Waals surface area contributed by atoms with E-state index in [4.69, 9.17) is 4.74 Å². The van der Waals surface area contributed by atoms with Crippen molar-refractivity contribution in [3.05, 3.63) is 46.2 Å². The fourth-order valence-electron chi connectivity index (χ4n) is 1.66. The molecule has 0 saturated carbocycles. The maximum absolute atomic E-state index is 9.74. The van der Waals surface area contributed by atoms with Crippen LogP contribution in [0.3, 0.4) is 0 Å². The number of rotatable bonds is 4. The van der Waals surface area contributed by atoms with Crippen molar-refractivity contribution in [2.24, 2.45) is 0 Å². The van der Waals surface area contributed by atoms with Crippen LogP contribution in [-0.2, 0) is 6.54 Å². The van der Waals surface area contributed by atoms with Crippen LogP contribution in [0.4, 0.5) is 5.69 Å². The molecule has 1 heterocycles. The number of hydrogen-bond donors (Lipinski definition) is 2. The number of methoxy groups -OCH3 is 1. The van der Waals surface area contributed by atoms with Gasteiger partial charge in [-0.15, -0.1) is 0 Å². The van der Waals surface area contributed by atoms with E-state index in [1.54, 1.807) is 12.3 Å². The van der Waals surface area contributed by atoms with Crippen LogP contribution < -0.4 is 10.1 Å². The molecule has 0 aliphatic rings. The molecule has 2 rings (SSSR count). The highest BCUT2D eigenvalue weighted by Crippen LogP contribution is 2.35. The van der Waals surface area contributed by atoms with E-state index in [0.717, 1.165) is 16.9 Å². The van der Waals surface area contributed by atoms with Crippen molar-refractivity contribution in [3.63, 3.8) is 0 Å². The summed E-state index contributed by atoms with van der Waals surface area (Å²) in [5.41, 5.74) is 2.94. The van der Waals surface area contributed by atoms with Crippen LogP contribution in [0.15, 0.2) is 34.9 Å². The Morgan fingerprint density at radius 2 is 2.16 bits per heavy atom. The zero-order chi connectivity index (χ0) is 13.8. The van der Waals surface area contributed by atoms with E-state index < -0.39 is 0 Å². The van der Waals surface area contributed by atoms with E-state index >= 15 is 0 Å². The van der Waals surface area contributed by atoms with Crippen LogP contribution >= 0.6 is 15.9 Å². The van der Waals surface area contributed by atoms with Crippen molar-refractivity contribution in [3.8, 4) is 11.5 Å². The standard InChI is InChI=1S/C14H15BrN2O2/c1-9-3-4-11(8-16-9)17-7-10-5-12(15)14(18)13(6-10)19-2/h3-6,8,17-18H,7H2,1-2H3. The van der Waals surface area contributed by atoms with Crippen molar-refractivity contribution in [1.29, 1.82) is 0 Å². The predicted molar refractivity (Wildman–Crippen MR) is 78.7 cm³/mol. The second-order valence-corrected chi connectivity index (χ2v) is 5.02. The van der Waals surface area contributed by atoms with Crippen LogP contribution in [0.2, 0.25) is 0 Å². The molecule has 0 aliphatic carbocycles. The molecular formula is C14H15BrN2O2. The molecule has 0 unspecified atom stereocenters.